The second kappa shape index (κ2) is 6.13. The zero-order chi connectivity index (χ0) is 13.8. The molecule has 1 saturated heterocycles. The van der Waals surface area contributed by atoms with Gasteiger partial charge in [0.25, 0.3) is 0 Å². The highest BCUT2D eigenvalue weighted by Gasteiger charge is 2.46. The number of hydrogen-bond acceptors (Lipinski definition) is 3. The van der Waals surface area contributed by atoms with Crippen molar-refractivity contribution in [3.63, 3.8) is 0 Å². The van der Waals surface area contributed by atoms with Crippen LogP contribution in [0.4, 0.5) is 0 Å². The Morgan fingerprint density at radius 1 is 1.30 bits per heavy atom. The fourth-order valence-corrected chi connectivity index (χ4v) is 3.47. The Hall–Kier alpha value is -1.09. The molecule has 3 rings (SSSR count). The van der Waals surface area contributed by atoms with E-state index in [9.17, 15) is 0 Å². The van der Waals surface area contributed by atoms with Gasteiger partial charge < -0.3 is 10.1 Å². The lowest BCUT2D eigenvalue weighted by Gasteiger charge is -2.35. The third-order valence-electron chi connectivity index (χ3n) is 4.66. The van der Waals surface area contributed by atoms with E-state index in [4.69, 9.17) is 4.74 Å². The van der Waals surface area contributed by atoms with Crippen LogP contribution in [0.25, 0.3) is 0 Å². The van der Waals surface area contributed by atoms with Crippen LogP contribution in [0.2, 0.25) is 0 Å². The summed E-state index contributed by atoms with van der Waals surface area (Å²) in [6.07, 6.45) is 12.9. The van der Waals surface area contributed by atoms with Gasteiger partial charge in [-0.2, -0.15) is 0 Å². The number of nitrogens with one attached hydrogen (secondary N) is 1. The largest absolute Gasteiger partial charge is 0.492 e. The van der Waals surface area contributed by atoms with Crippen LogP contribution in [0.5, 0.6) is 5.75 Å². The van der Waals surface area contributed by atoms with E-state index in [0.717, 1.165) is 31.2 Å². The molecule has 1 aromatic heterocycles. The predicted molar refractivity (Wildman–Crippen MR) is 80.9 cm³/mol. The first-order chi connectivity index (χ1) is 9.85. The molecule has 3 nitrogen and oxygen atoms in total. The van der Waals surface area contributed by atoms with Crippen molar-refractivity contribution in [3.05, 3.63) is 24.0 Å². The molecule has 0 amide bonds. The van der Waals surface area contributed by atoms with Crippen molar-refractivity contribution in [1.82, 2.24) is 10.3 Å². The SMILES string of the molecule is CCCOc1cncc(C2(C3CC3)CCCCCN2)c1. The molecule has 20 heavy (non-hydrogen) atoms. The smallest absolute Gasteiger partial charge is 0.137 e. The molecule has 0 aromatic carbocycles. The van der Waals surface area contributed by atoms with Gasteiger partial charge in [-0.1, -0.05) is 19.8 Å². The molecule has 1 saturated carbocycles. The van der Waals surface area contributed by atoms with Crippen molar-refractivity contribution >= 4 is 0 Å². The van der Waals surface area contributed by atoms with Gasteiger partial charge in [0.15, 0.2) is 0 Å². The summed E-state index contributed by atoms with van der Waals surface area (Å²) >= 11 is 0. The van der Waals surface area contributed by atoms with Crippen molar-refractivity contribution in [2.75, 3.05) is 13.2 Å². The van der Waals surface area contributed by atoms with Crippen LogP contribution in [0, 0.1) is 5.92 Å². The zero-order valence-corrected chi connectivity index (χ0v) is 12.5. The number of pyridine rings is 1. The monoisotopic (exact) mass is 274 g/mol. The lowest BCUT2D eigenvalue weighted by atomic mass is 9.82. The predicted octanol–water partition coefficient (Wildman–Crippen LogP) is 3.64. The van der Waals surface area contributed by atoms with Gasteiger partial charge >= 0.3 is 0 Å². The fraction of sp³-hybridized carbons (Fsp3) is 0.706. The van der Waals surface area contributed by atoms with Crippen LogP contribution >= 0.6 is 0 Å². The van der Waals surface area contributed by atoms with Crippen LogP contribution in [0.3, 0.4) is 0 Å². The van der Waals surface area contributed by atoms with Crippen molar-refractivity contribution < 1.29 is 4.74 Å². The van der Waals surface area contributed by atoms with Crippen LogP contribution < -0.4 is 10.1 Å². The lowest BCUT2D eigenvalue weighted by Crippen LogP contribution is -2.44. The Morgan fingerprint density at radius 3 is 3.00 bits per heavy atom. The number of hydrogen-bond donors (Lipinski definition) is 1. The second-order valence-corrected chi connectivity index (χ2v) is 6.24. The minimum absolute atomic E-state index is 0.162. The quantitative estimate of drug-likeness (QED) is 0.890. The van der Waals surface area contributed by atoms with Crippen LogP contribution in [0.15, 0.2) is 18.5 Å². The van der Waals surface area contributed by atoms with Gasteiger partial charge in [-0.3, -0.25) is 4.98 Å². The molecular weight excluding hydrogens is 248 g/mol. The van der Waals surface area contributed by atoms with E-state index in [0.29, 0.717) is 0 Å². The highest BCUT2D eigenvalue weighted by atomic mass is 16.5. The van der Waals surface area contributed by atoms with Gasteiger partial charge in [0.05, 0.1) is 12.8 Å². The summed E-state index contributed by atoms with van der Waals surface area (Å²) < 4.78 is 5.77. The lowest BCUT2D eigenvalue weighted by molar-refractivity contribution is 0.273. The molecule has 1 aliphatic carbocycles. The average molecular weight is 274 g/mol. The van der Waals surface area contributed by atoms with E-state index in [2.05, 4.69) is 29.5 Å². The molecule has 1 N–H and O–H groups in total. The fourth-order valence-electron chi connectivity index (χ4n) is 3.47. The Labute approximate surface area is 122 Å². The maximum atomic E-state index is 5.77. The summed E-state index contributed by atoms with van der Waals surface area (Å²) in [5, 5.41) is 3.86. The van der Waals surface area contributed by atoms with Gasteiger partial charge in [0.2, 0.25) is 0 Å². The van der Waals surface area contributed by atoms with Gasteiger partial charge in [-0.25, -0.2) is 0 Å². The van der Waals surface area contributed by atoms with E-state index >= 15 is 0 Å². The van der Waals surface area contributed by atoms with Crippen molar-refractivity contribution in [2.45, 2.75) is 57.4 Å². The second-order valence-electron chi connectivity index (χ2n) is 6.24. The van der Waals surface area contributed by atoms with Crippen LogP contribution in [-0.2, 0) is 5.54 Å². The third kappa shape index (κ3) is 2.83. The van der Waals surface area contributed by atoms with E-state index in [1.54, 1.807) is 0 Å². The van der Waals surface area contributed by atoms with Crippen LogP contribution in [-0.4, -0.2) is 18.1 Å². The maximum Gasteiger partial charge on any atom is 0.137 e. The van der Waals surface area contributed by atoms with E-state index < -0.39 is 0 Å². The molecule has 2 heterocycles. The first kappa shape index (κ1) is 13.9. The van der Waals surface area contributed by atoms with E-state index in [-0.39, 0.29) is 5.54 Å². The highest BCUT2D eigenvalue weighted by molar-refractivity contribution is 5.32. The Balaban J connectivity index is 1.86. The standard InChI is InChI=1S/C17H26N2O/c1-2-10-20-16-11-15(12-18-13-16)17(14-6-7-14)8-4-3-5-9-19-17/h11-14,19H,2-10H2,1H3. The molecule has 2 fully saturated rings. The first-order valence-corrected chi connectivity index (χ1v) is 8.18. The summed E-state index contributed by atoms with van der Waals surface area (Å²) in [7, 11) is 0. The van der Waals surface area contributed by atoms with Gasteiger partial charge in [0.1, 0.15) is 5.75 Å². The molecular formula is C17H26N2O. The highest BCUT2D eigenvalue weighted by Crippen LogP contribution is 2.49. The van der Waals surface area contributed by atoms with Gasteiger partial charge in [0, 0.05) is 11.7 Å². The Morgan fingerprint density at radius 2 is 2.20 bits per heavy atom. The topological polar surface area (TPSA) is 34.1 Å². The van der Waals surface area contributed by atoms with Crippen molar-refractivity contribution in [1.29, 1.82) is 0 Å². The molecule has 1 atom stereocenters. The molecule has 1 aromatic rings. The summed E-state index contributed by atoms with van der Waals surface area (Å²) in [6, 6.07) is 2.22. The minimum Gasteiger partial charge on any atom is -0.492 e. The normalized spacial score (nSPS) is 27.1. The third-order valence-corrected chi connectivity index (χ3v) is 4.66. The molecule has 0 spiro atoms. The zero-order valence-electron chi connectivity index (χ0n) is 12.5. The van der Waals surface area contributed by atoms with Gasteiger partial charge in [-0.15, -0.1) is 0 Å². The van der Waals surface area contributed by atoms with E-state index in [1.807, 2.05) is 6.20 Å². The number of rotatable bonds is 5. The molecule has 2 aliphatic rings. The van der Waals surface area contributed by atoms with Crippen molar-refractivity contribution in [2.24, 2.45) is 5.92 Å². The minimum atomic E-state index is 0.162. The molecule has 110 valence electrons. The molecule has 1 aliphatic heterocycles. The molecule has 0 bridgehead atoms. The summed E-state index contributed by atoms with van der Waals surface area (Å²) in [4.78, 5) is 4.43. The molecule has 1 unspecified atom stereocenters. The Bertz CT molecular complexity index is 434. The van der Waals surface area contributed by atoms with Crippen molar-refractivity contribution in [3.8, 4) is 5.75 Å². The van der Waals surface area contributed by atoms with Crippen LogP contribution in [0.1, 0.15) is 57.4 Å². The summed E-state index contributed by atoms with van der Waals surface area (Å²) in [5.74, 6) is 1.72. The number of nitrogens with zero attached hydrogens (tertiary/aromatic N) is 1. The first-order valence-electron chi connectivity index (χ1n) is 8.18. The number of ether oxygens (including phenoxy) is 1. The molecule has 0 radical (unpaired) electrons. The molecule has 3 heteroatoms. The average Bonchev–Trinajstić information content (AvgIpc) is 3.31. The summed E-state index contributed by atoms with van der Waals surface area (Å²) in [5.41, 5.74) is 1.50. The maximum absolute atomic E-state index is 5.77. The summed E-state index contributed by atoms with van der Waals surface area (Å²) in [6.45, 7) is 4.04. The number of aromatic nitrogens is 1. The van der Waals surface area contributed by atoms with Gasteiger partial charge in [-0.05, 0) is 56.2 Å². The van der Waals surface area contributed by atoms with E-state index in [1.165, 1.54) is 44.1 Å². The Kier molecular flexibility index (Phi) is 4.25.